The van der Waals surface area contributed by atoms with Crippen LogP contribution in [0.5, 0.6) is 5.75 Å². The van der Waals surface area contributed by atoms with E-state index >= 15 is 0 Å². The molecule has 1 aromatic carbocycles. The number of phenols is 1. The molecule has 3 N–H and O–H groups in total. The van der Waals surface area contributed by atoms with Gasteiger partial charge in [-0.25, -0.2) is 0 Å². The second-order valence-corrected chi connectivity index (χ2v) is 10.6. The molecule has 0 radical (unpaired) electrons. The second-order valence-electron chi connectivity index (χ2n) is 10.2. The van der Waals surface area contributed by atoms with E-state index in [1.807, 2.05) is 6.08 Å². The first-order valence-electron chi connectivity index (χ1n) is 12.3. The molecule has 2 aliphatic heterocycles. The molecule has 6 unspecified atom stereocenters. The quantitative estimate of drug-likeness (QED) is 0.341. The highest BCUT2D eigenvalue weighted by atomic mass is 35.5. The number of likely N-dealkylation sites (tertiary alicyclic amines) is 2. The molecule has 200 valence electrons. The van der Waals surface area contributed by atoms with Crippen molar-refractivity contribution in [3.8, 4) is 5.75 Å². The van der Waals surface area contributed by atoms with Crippen molar-refractivity contribution < 1.29 is 44.1 Å². The highest BCUT2D eigenvalue weighted by Gasteiger charge is 2.62. The summed E-state index contributed by atoms with van der Waals surface area (Å²) < 4.78 is 0. The number of imide groups is 2. The summed E-state index contributed by atoms with van der Waals surface area (Å²) in [5.74, 6) is -8.94. The van der Waals surface area contributed by atoms with Gasteiger partial charge in [0.15, 0.2) is 0 Å². The number of nitrogens with zero attached hydrogens (tertiary/aromatic N) is 2. The molecule has 2 heterocycles. The highest BCUT2D eigenvalue weighted by Crippen LogP contribution is 2.58. The lowest BCUT2D eigenvalue weighted by atomic mass is 9.57. The number of hydrogen-bond donors (Lipinski definition) is 3. The van der Waals surface area contributed by atoms with E-state index in [1.54, 1.807) is 6.07 Å². The van der Waals surface area contributed by atoms with Crippen molar-refractivity contribution in [2.45, 2.75) is 31.6 Å². The van der Waals surface area contributed by atoms with Gasteiger partial charge in [-0.3, -0.25) is 38.6 Å². The number of rotatable bonds is 7. The fourth-order valence-electron chi connectivity index (χ4n) is 6.69. The van der Waals surface area contributed by atoms with Crippen molar-refractivity contribution in [3.05, 3.63) is 40.4 Å². The molecule has 3 fully saturated rings. The van der Waals surface area contributed by atoms with E-state index in [4.69, 9.17) is 21.8 Å². The molecule has 4 aliphatic rings. The molecule has 2 saturated heterocycles. The minimum absolute atomic E-state index is 0.0945. The summed E-state index contributed by atoms with van der Waals surface area (Å²) in [5.41, 5.74) is 1.18. The van der Waals surface area contributed by atoms with Crippen LogP contribution in [0.2, 0.25) is 5.02 Å². The number of carboxylic acids is 2. The van der Waals surface area contributed by atoms with E-state index in [0.717, 1.165) is 9.80 Å². The Kier molecular flexibility index (Phi) is 6.50. The van der Waals surface area contributed by atoms with Crippen LogP contribution in [0.4, 0.5) is 0 Å². The zero-order valence-corrected chi connectivity index (χ0v) is 20.8. The van der Waals surface area contributed by atoms with Gasteiger partial charge in [0.1, 0.15) is 5.75 Å². The number of allylic oxidation sites excluding steroid dienone is 2. The van der Waals surface area contributed by atoms with Crippen LogP contribution in [0.15, 0.2) is 29.8 Å². The lowest BCUT2D eigenvalue weighted by molar-refractivity contribution is -0.145. The van der Waals surface area contributed by atoms with Crippen molar-refractivity contribution in [2.75, 3.05) is 13.1 Å². The number of aliphatic carboxylic acids is 2. The molecule has 0 bridgehead atoms. The Hall–Kier alpha value is -3.73. The van der Waals surface area contributed by atoms with Crippen molar-refractivity contribution in [2.24, 2.45) is 29.6 Å². The summed E-state index contributed by atoms with van der Waals surface area (Å²) in [6.07, 6.45) is 1.34. The van der Waals surface area contributed by atoms with Gasteiger partial charge in [-0.05, 0) is 36.5 Å². The Morgan fingerprint density at radius 2 is 1.42 bits per heavy atom. The number of benzene rings is 1. The van der Waals surface area contributed by atoms with Gasteiger partial charge in [-0.2, -0.15) is 0 Å². The first-order valence-corrected chi connectivity index (χ1v) is 12.7. The predicted octanol–water partition coefficient (Wildman–Crippen LogP) is 1.63. The number of aromatic hydroxyl groups is 1. The maximum Gasteiger partial charge on any atom is 0.305 e. The van der Waals surface area contributed by atoms with Gasteiger partial charge in [-0.1, -0.05) is 29.3 Å². The lowest BCUT2D eigenvalue weighted by Crippen LogP contribution is -2.43. The van der Waals surface area contributed by atoms with E-state index in [9.17, 15) is 33.9 Å². The van der Waals surface area contributed by atoms with E-state index in [0.29, 0.717) is 11.1 Å². The fourth-order valence-corrected chi connectivity index (χ4v) is 6.98. The van der Waals surface area contributed by atoms with Crippen molar-refractivity contribution in [1.29, 1.82) is 0 Å². The van der Waals surface area contributed by atoms with Crippen LogP contribution >= 0.6 is 11.6 Å². The Balaban J connectivity index is 1.57. The molecule has 11 nitrogen and oxygen atoms in total. The molecule has 5 rings (SSSR count). The predicted molar refractivity (Wildman–Crippen MR) is 129 cm³/mol. The third kappa shape index (κ3) is 4.05. The molecule has 0 aromatic heterocycles. The number of hydrogen-bond acceptors (Lipinski definition) is 7. The lowest BCUT2D eigenvalue weighted by Gasteiger charge is -2.44. The molecule has 1 saturated carbocycles. The molecular weight excluding hydrogens is 520 g/mol. The van der Waals surface area contributed by atoms with Gasteiger partial charge in [0.2, 0.25) is 23.6 Å². The number of amides is 4. The molecule has 1 aromatic rings. The topological polar surface area (TPSA) is 170 Å². The van der Waals surface area contributed by atoms with Crippen molar-refractivity contribution in [3.63, 3.8) is 0 Å². The van der Waals surface area contributed by atoms with Gasteiger partial charge in [0.05, 0.1) is 36.5 Å². The Morgan fingerprint density at radius 1 is 0.842 bits per heavy atom. The van der Waals surface area contributed by atoms with Gasteiger partial charge >= 0.3 is 11.9 Å². The molecule has 6 atom stereocenters. The summed E-state index contributed by atoms with van der Waals surface area (Å²) in [5, 5.41) is 28.2. The average Bonchev–Trinajstić information content (AvgIpc) is 3.24. The van der Waals surface area contributed by atoms with Crippen LogP contribution < -0.4 is 0 Å². The van der Waals surface area contributed by atoms with Gasteiger partial charge in [0, 0.05) is 24.0 Å². The van der Waals surface area contributed by atoms with Crippen LogP contribution in [0.1, 0.15) is 37.2 Å². The number of halogens is 1. The Morgan fingerprint density at radius 3 is 2.00 bits per heavy atom. The van der Waals surface area contributed by atoms with Crippen LogP contribution in [0.3, 0.4) is 0 Å². The summed E-state index contributed by atoms with van der Waals surface area (Å²) in [4.78, 5) is 77.7. The van der Waals surface area contributed by atoms with E-state index < -0.39 is 77.5 Å². The maximum atomic E-state index is 13.6. The largest absolute Gasteiger partial charge is 0.508 e. The van der Waals surface area contributed by atoms with Crippen LogP contribution in [0, 0.1) is 29.6 Å². The number of phenolic OH excluding ortho intramolecular Hbond substituents is 1. The minimum Gasteiger partial charge on any atom is -0.508 e. The van der Waals surface area contributed by atoms with Gasteiger partial charge in [-0.15, -0.1) is 0 Å². The third-order valence-electron chi connectivity index (χ3n) is 8.25. The summed E-state index contributed by atoms with van der Waals surface area (Å²) >= 11 is 6.51. The SMILES string of the molecule is O=C(O)CCN1C(=O)C2CC=C3C(CC4C(=O)N(CCC(=O)O)C(=O)C4C3c3ccc(O)cc3Cl)C2C1=O. The summed E-state index contributed by atoms with van der Waals surface area (Å²) in [7, 11) is 0. The molecule has 2 aliphatic carbocycles. The fraction of sp³-hybridized carbons (Fsp3) is 0.462. The highest BCUT2D eigenvalue weighted by molar-refractivity contribution is 6.31. The van der Waals surface area contributed by atoms with E-state index in [2.05, 4.69) is 0 Å². The summed E-state index contributed by atoms with van der Waals surface area (Å²) in [6, 6.07) is 4.30. The van der Waals surface area contributed by atoms with Crippen molar-refractivity contribution in [1.82, 2.24) is 9.80 Å². The normalized spacial score (nSPS) is 30.2. The number of fused-ring (bicyclic) bond motifs is 4. The molecule has 0 spiro atoms. The number of carboxylic acid groups (broad SMARTS) is 2. The average molecular weight is 545 g/mol. The maximum absolute atomic E-state index is 13.6. The second kappa shape index (κ2) is 9.54. The van der Waals surface area contributed by atoms with Crippen LogP contribution in [-0.4, -0.2) is 73.8 Å². The third-order valence-corrected chi connectivity index (χ3v) is 8.58. The monoisotopic (exact) mass is 544 g/mol. The summed E-state index contributed by atoms with van der Waals surface area (Å²) in [6.45, 7) is -0.534. The smallest absolute Gasteiger partial charge is 0.305 e. The zero-order chi connectivity index (χ0) is 27.5. The standard InChI is InChI=1S/C26H25ClN2O9/c27-17-9-11(30)1-2-13(17)20-12-3-4-14-21(25(37)28(23(14)35)7-5-18(31)32)15(12)10-16-22(20)26(38)29(24(16)36)8-6-19(33)34/h1-3,9,14-16,20-22,30H,4-8,10H2,(H,31,32)(H,33,34). The van der Waals surface area contributed by atoms with E-state index in [1.165, 1.54) is 12.1 Å². The molecule has 38 heavy (non-hydrogen) atoms. The molecular formula is C26H25ClN2O9. The number of carbonyl (C=O) groups is 6. The first kappa shape index (κ1) is 25.9. The first-order chi connectivity index (χ1) is 18.0. The van der Waals surface area contributed by atoms with Crippen LogP contribution in [-0.2, 0) is 28.8 Å². The molecule has 4 amide bonds. The Labute approximate surface area is 221 Å². The number of carbonyl (C=O) groups excluding carboxylic acids is 4. The van der Waals surface area contributed by atoms with Crippen LogP contribution in [0.25, 0.3) is 0 Å². The van der Waals surface area contributed by atoms with Gasteiger partial charge in [0.25, 0.3) is 0 Å². The van der Waals surface area contributed by atoms with Gasteiger partial charge < -0.3 is 15.3 Å². The zero-order valence-electron chi connectivity index (χ0n) is 20.1. The van der Waals surface area contributed by atoms with Crippen molar-refractivity contribution >= 4 is 47.2 Å². The molecule has 12 heteroatoms. The van der Waals surface area contributed by atoms with E-state index in [-0.39, 0.29) is 43.1 Å². The Bertz CT molecular complexity index is 1310. The minimum atomic E-state index is -1.16.